The molecule has 0 fully saturated rings. The van der Waals surface area contributed by atoms with Crippen LogP contribution in [0, 0.1) is 5.82 Å². The summed E-state index contributed by atoms with van der Waals surface area (Å²) in [6.07, 6.45) is 0.706. The first-order chi connectivity index (χ1) is 8.28. The number of aromatic nitrogens is 1. The zero-order chi connectivity index (χ0) is 12.1. The molecule has 0 bridgehead atoms. The molecule has 17 heavy (non-hydrogen) atoms. The molecule has 0 N–H and O–H groups in total. The molecule has 2 rings (SSSR count). The van der Waals surface area contributed by atoms with Crippen molar-refractivity contribution in [1.82, 2.24) is 4.98 Å². The number of benzene rings is 1. The second-order valence-electron chi connectivity index (χ2n) is 3.42. The highest BCUT2D eigenvalue weighted by atomic mass is 35.5. The fourth-order valence-corrected chi connectivity index (χ4v) is 2.35. The van der Waals surface area contributed by atoms with E-state index in [4.69, 9.17) is 16.3 Å². The first-order valence-corrected chi connectivity index (χ1v) is 6.57. The highest BCUT2D eigenvalue weighted by molar-refractivity contribution is 7.09. The lowest BCUT2D eigenvalue weighted by Gasteiger charge is -2.04. The summed E-state index contributed by atoms with van der Waals surface area (Å²) in [5, 5.41) is 2.92. The third-order valence-corrected chi connectivity index (χ3v) is 3.35. The predicted octanol–water partition coefficient (Wildman–Crippen LogP) is 3.64. The number of thiazole rings is 1. The topological polar surface area (TPSA) is 22.1 Å². The third kappa shape index (κ3) is 3.68. The standard InChI is InChI=1S/C12H11ClFNOS/c13-7-10-8-17-12(15-10)4-5-16-11-3-1-2-9(14)6-11/h1-3,6,8H,4-5,7H2. The number of ether oxygens (including phenoxy) is 1. The zero-order valence-corrected chi connectivity index (χ0v) is 10.6. The monoisotopic (exact) mass is 271 g/mol. The van der Waals surface area contributed by atoms with Gasteiger partial charge >= 0.3 is 0 Å². The minimum atomic E-state index is -0.291. The Balaban J connectivity index is 1.83. The molecule has 2 aromatic rings. The van der Waals surface area contributed by atoms with Gasteiger partial charge in [-0.3, -0.25) is 0 Å². The Morgan fingerprint density at radius 2 is 2.29 bits per heavy atom. The van der Waals surface area contributed by atoms with Crippen LogP contribution in [0.5, 0.6) is 5.75 Å². The molecule has 0 saturated heterocycles. The summed E-state index contributed by atoms with van der Waals surface area (Å²) in [4.78, 5) is 4.31. The molecule has 0 saturated carbocycles. The molecule has 1 aromatic heterocycles. The van der Waals surface area contributed by atoms with E-state index in [0.29, 0.717) is 24.7 Å². The summed E-state index contributed by atoms with van der Waals surface area (Å²) >= 11 is 7.22. The number of hydrogen-bond acceptors (Lipinski definition) is 3. The van der Waals surface area contributed by atoms with E-state index in [2.05, 4.69) is 4.98 Å². The number of halogens is 2. The lowest BCUT2D eigenvalue weighted by molar-refractivity contribution is 0.320. The average Bonchev–Trinajstić information content (AvgIpc) is 2.77. The second kappa shape index (κ2) is 5.98. The van der Waals surface area contributed by atoms with Gasteiger partial charge in [-0.1, -0.05) is 6.07 Å². The molecule has 0 aliphatic rings. The van der Waals surface area contributed by atoms with Gasteiger partial charge in [-0.25, -0.2) is 9.37 Å². The highest BCUT2D eigenvalue weighted by Gasteiger charge is 2.02. The third-order valence-electron chi connectivity index (χ3n) is 2.12. The van der Waals surface area contributed by atoms with Gasteiger partial charge in [0.25, 0.3) is 0 Å². The van der Waals surface area contributed by atoms with Crippen LogP contribution in [0.4, 0.5) is 4.39 Å². The van der Waals surface area contributed by atoms with Crippen LogP contribution >= 0.6 is 22.9 Å². The summed E-state index contributed by atoms with van der Waals surface area (Å²) in [7, 11) is 0. The summed E-state index contributed by atoms with van der Waals surface area (Å²) in [6.45, 7) is 0.485. The molecule has 2 nitrogen and oxygen atoms in total. The van der Waals surface area contributed by atoms with E-state index in [0.717, 1.165) is 10.7 Å². The van der Waals surface area contributed by atoms with Gasteiger partial charge in [-0.2, -0.15) is 0 Å². The van der Waals surface area contributed by atoms with E-state index in [9.17, 15) is 4.39 Å². The van der Waals surface area contributed by atoms with Crippen molar-refractivity contribution < 1.29 is 9.13 Å². The fourth-order valence-electron chi connectivity index (χ4n) is 1.34. The lowest BCUT2D eigenvalue weighted by Crippen LogP contribution is -2.01. The Kier molecular flexibility index (Phi) is 4.34. The van der Waals surface area contributed by atoms with Crippen LogP contribution in [-0.2, 0) is 12.3 Å². The number of rotatable bonds is 5. The molecule has 1 aromatic carbocycles. The largest absolute Gasteiger partial charge is 0.493 e. The van der Waals surface area contributed by atoms with E-state index >= 15 is 0 Å². The highest BCUT2D eigenvalue weighted by Crippen LogP contribution is 2.15. The van der Waals surface area contributed by atoms with Crippen LogP contribution in [0.3, 0.4) is 0 Å². The van der Waals surface area contributed by atoms with Crippen LogP contribution in [0.1, 0.15) is 10.7 Å². The summed E-state index contributed by atoms with van der Waals surface area (Å²) < 4.78 is 18.3. The minimum Gasteiger partial charge on any atom is -0.493 e. The SMILES string of the molecule is Fc1cccc(OCCc2nc(CCl)cs2)c1. The number of alkyl halides is 1. The van der Waals surface area contributed by atoms with Crippen molar-refractivity contribution >= 4 is 22.9 Å². The first-order valence-electron chi connectivity index (χ1n) is 5.15. The van der Waals surface area contributed by atoms with Crippen molar-refractivity contribution in [3.63, 3.8) is 0 Å². The quantitative estimate of drug-likeness (QED) is 0.775. The smallest absolute Gasteiger partial charge is 0.126 e. The van der Waals surface area contributed by atoms with E-state index < -0.39 is 0 Å². The molecule has 0 spiro atoms. The number of hydrogen-bond donors (Lipinski definition) is 0. The second-order valence-corrected chi connectivity index (χ2v) is 4.63. The Morgan fingerprint density at radius 3 is 3.00 bits per heavy atom. The maximum Gasteiger partial charge on any atom is 0.126 e. The van der Waals surface area contributed by atoms with E-state index in [-0.39, 0.29) is 5.82 Å². The molecular weight excluding hydrogens is 261 g/mol. The maximum absolute atomic E-state index is 12.9. The van der Waals surface area contributed by atoms with Gasteiger partial charge in [0.1, 0.15) is 11.6 Å². The van der Waals surface area contributed by atoms with Crippen LogP contribution in [-0.4, -0.2) is 11.6 Å². The Morgan fingerprint density at radius 1 is 1.41 bits per heavy atom. The molecule has 0 unspecified atom stereocenters. The van der Waals surface area contributed by atoms with Crippen LogP contribution in [0.15, 0.2) is 29.6 Å². The van der Waals surface area contributed by atoms with Crippen LogP contribution < -0.4 is 4.74 Å². The van der Waals surface area contributed by atoms with Gasteiger partial charge in [-0.15, -0.1) is 22.9 Å². The van der Waals surface area contributed by atoms with Crippen LogP contribution in [0.2, 0.25) is 0 Å². The molecule has 0 atom stereocenters. The van der Waals surface area contributed by atoms with Gasteiger partial charge in [0.2, 0.25) is 0 Å². The normalized spacial score (nSPS) is 10.5. The minimum absolute atomic E-state index is 0.291. The Hall–Kier alpha value is -1.13. The van der Waals surface area contributed by atoms with Crippen molar-refractivity contribution in [2.45, 2.75) is 12.3 Å². The van der Waals surface area contributed by atoms with Gasteiger partial charge < -0.3 is 4.74 Å². The van der Waals surface area contributed by atoms with Crippen molar-refractivity contribution in [3.05, 3.63) is 46.2 Å². The molecule has 0 radical (unpaired) electrons. The maximum atomic E-state index is 12.9. The first kappa shape index (κ1) is 12.3. The average molecular weight is 272 g/mol. The summed E-state index contributed by atoms with van der Waals surface area (Å²) in [5.41, 5.74) is 0.887. The van der Waals surface area contributed by atoms with Gasteiger partial charge in [-0.05, 0) is 12.1 Å². The molecule has 0 amide bonds. The molecule has 5 heteroatoms. The summed E-state index contributed by atoms with van der Waals surface area (Å²) in [5.74, 6) is 0.682. The fraction of sp³-hybridized carbons (Fsp3) is 0.250. The molecule has 90 valence electrons. The van der Waals surface area contributed by atoms with Crippen molar-refractivity contribution in [2.75, 3.05) is 6.61 Å². The van der Waals surface area contributed by atoms with Crippen molar-refractivity contribution in [3.8, 4) is 5.75 Å². The van der Waals surface area contributed by atoms with Crippen molar-refractivity contribution in [1.29, 1.82) is 0 Å². The number of nitrogens with zero attached hydrogens (tertiary/aromatic N) is 1. The Bertz CT molecular complexity index is 489. The Labute approximate surface area is 108 Å². The molecule has 1 heterocycles. The van der Waals surface area contributed by atoms with Gasteiger partial charge in [0.05, 0.1) is 23.2 Å². The molecular formula is C12H11ClFNOS. The van der Waals surface area contributed by atoms with Crippen molar-refractivity contribution in [2.24, 2.45) is 0 Å². The molecule has 0 aliphatic carbocycles. The van der Waals surface area contributed by atoms with E-state index in [1.54, 1.807) is 23.5 Å². The lowest BCUT2D eigenvalue weighted by atomic mass is 10.3. The molecule has 0 aliphatic heterocycles. The predicted molar refractivity (Wildman–Crippen MR) is 67.3 cm³/mol. The van der Waals surface area contributed by atoms with E-state index in [1.807, 2.05) is 5.38 Å². The van der Waals surface area contributed by atoms with Gasteiger partial charge in [0, 0.05) is 17.9 Å². The zero-order valence-electron chi connectivity index (χ0n) is 9.03. The summed E-state index contributed by atoms with van der Waals surface area (Å²) in [6, 6.07) is 6.11. The van der Waals surface area contributed by atoms with E-state index in [1.165, 1.54) is 12.1 Å². The van der Waals surface area contributed by atoms with Crippen LogP contribution in [0.25, 0.3) is 0 Å². The van der Waals surface area contributed by atoms with Gasteiger partial charge in [0.15, 0.2) is 0 Å².